The van der Waals surface area contributed by atoms with Crippen LogP contribution < -0.4 is 0 Å². The molecule has 1 fully saturated rings. The zero-order valence-electron chi connectivity index (χ0n) is 7.18. The average molecular weight is 155 g/mol. The Hall–Kier alpha value is -0.860. The molecule has 1 rings (SSSR count). The fourth-order valence-electron chi connectivity index (χ4n) is 1.23. The molecule has 0 aromatic carbocycles. The van der Waals surface area contributed by atoms with Gasteiger partial charge in [0.15, 0.2) is 5.78 Å². The average Bonchev–Trinajstić information content (AvgIpc) is 2.08. The van der Waals surface area contributed by atoms with Crippen LogP contribution in [0.4, 0.5) is 0 Å². The Morgan fingerprint density at radius 3 is 2.27 bits per heavy atom. The minimum absolute atomic E-state index is 0.0103. The summed E-state index contributed by atoms with van der Waals surface area (Å²) in [6, 6.07) is 0. The molecule has 0 unspecified atom stereocenters. The monoisotopic (exact) mass is 155 g/mol. The third kappa shape index (κ3) is 1.42. The van der Waals surface area contributed by atoms with Crippen LogP contribution in [0.1, 0.15) is 20.8 Å². The highest BCUT2D eigenvalue weighted by Crippen LogP contribution is 2.25. The van der Waals surface area contributed by atoms with Crippen LogP contribution in [0.15, 0.2) is 0 Å². The van der Waals surface area contributed by atoms with Gasteiger partial charge in [-0.25, -0.2) is 0 Å². The van der Waals surface area contributed by atoms with Crippen molar-refractivity contribution in [3.05, 3.63) is 0 Å². The quantitative estimate of drug-likeness (QED) is 0.509. The molecule has 0 N–H and O–H groups in total. The van der Waals surface area contributed by atoms with E-state index >= 15 is 0 Å². The minimum Gasteiger partial charge on any atom is -0.335 e. The van der Waals surface area contributed by atoms with Gasteiger partial charge in [0.2, 0.25) is 5.91 Å². The summed E-state index contributed by atoms with van der Waals surface area (Å²) in [4.78, 5) is 23.7. The maximum atomic E-state index is 11.2. The Labute approximate surface area is 66.4 Å². The SMILES string of the molecule is CC(=O)N1CC(=O)C(C)(C)C1. The van der Waals surface area contributed by atoms with Gasteiger partial charge in [-0.15, -0.1) is 0 Å². The molecule has 1 amide bonds. The summed E-state index contributed by atoms with van der Waals surface area (Å²) in [5, 5.41) is 0. The van der Waals surface area contributed by atoms with Gasteiger partial charge >= 0.3 is 0 Å². The fourth-order valence-corrected chi connectivity index (χ4v) is 1.23. The van der Waals surface area contributed by atoms with Gasteiger partial charge in [-0.1, -0.05) is 13.8 Å². The number of nitrogens with zero attached hydrogens (tertiary/aromatic N) is 1. The molecular formula is C8H13NO2. The maximum absolute atomic E-state index is 11.2. The molecular weight excluding hydrogens is 142 g/mol. The summed E-state index contributed by atoms with van der Waals surface area (Å²) >= 11 is 0. The molecule has 0 radical (unpaired) electrons. The van der Waals surface area contributed by atoms with Crippen LogP contribution in [-0.4, -0.2) is 29.7 Å². The minimum atomic E-state index is -0.328. The molecule has 1 aliphatic heterocycles. The van der Waals surface area contributed by atoms with E-state index in [4.69, 9.17) is 0 Å². The molecule has 1 heterocycles. The van der Waals surface area contributed by atoms with Crippen molar-refractivity contribution in [1.29, 1.82) is 0 Å². The molecule has 3 nitrogen and oxygen atoms in total. The second-order valence-electron chi connectivity index (χ2n) is 3.68. The first-order valence-corrected chi connectivity index (χ1v) is 3.72. The van der Waals surface area contributed by atoms with Gasteiger partial charge in [0, 0.05) is 18.9 Å². The number of hydrogen-bond acceptors (Lipinski definition) is 2. The molecule has 0 atom stereocenters. The van der Waals surface area contributed by atoms with E-state index in [9.17, 15) is 9.59 Å². The van der Waals surface area contributed by atoms with E-state index in [-0.39, 0.29) is 17.1 Å². The largest absolute Gasteiger partial charge is 0.335 e. The van der Waals surface area contributed by atoms with Gasteiger partial charge in [-0.2, -0.15) is 0 Å². The number of hydrogen-bond donors (Lipinski definition) is 0. The van der Waals surface area contributed by atoms with E-state index < -0.39 is 0 Å². The van der Waals surface area contributed by atoms with Crippen LogP contribution in [0.25, 0.3) is 0 Å². The molecule has 1 saturated heterocycles. The predicted molar refractivity (Wildman–Crippen MR) is 41.0 cm³/mol. The normalized spacial score (nSPS) is 22.5. The molecule has 0 saturated carbocycles. The smallest absolute Gasteiger partial charge is 0.219 e. The van der Waals surface area contributed by atoms with E-state index in [1.54, 1.807) is 4.90 Å². The maximum Gasteiger partial charge on any atom is 0.219 e. The third-order valence-corrected chi connectivity index (χ3v) is 2.12. The van der Waals surface area contributed by atoms with Gasteiger partial charge in [0.05, 0.1) is 6.54 Å². The van der Waals surface area contributed by atoms with Crippen LogP contribution in [0, 0.1) is 5.41 Å². The Morgan fingerprint density at radius 1 is 1.55 bits per heavy atom. The number of carbonyl (C=O) groups is 2. The lowest BCUT2D eigenvalue weighted by Gasteiger charge is -2.16. The zero-order valence-corrected chi connectivity index (χ0v) is 7.18. The highest BCUT2D eigenvalue weighted by molar-refractivity contribution is 5.92. The molecule has 0 bridgehead atoms. The summed E-state index contributed by atoms with van der Waals surface area (Å²) in [6.07, 6.45) is 0. The fraction of sp³-hybridized carbons (Fsp3) is 0.750. The summed E-state index contributed by atoms with van der Waals surface area (Å²) in [6.45, 7) is 6.11. The lowest BCUT2D eigenvalue weighted by Crippen LogP contribution is -2.27. The molecule has 1 aliphatic rings. The second-order valence-corrected chi connectivity index (χ2v) is 3.68. The van der Waals surface area contributed by atoms with Crippen LogP contribution >= 0.6 is 0 Å². The number of ketones is 1. The second kappa shape index (κ2) is 2.32. The first-order chi connectivity index (χ1) is 4.93. The van der Waals surface area contributed by atoms with Crippen molar-refractivity contribution in [1.82, 2.24) is 4.90 Å². The van der Waals surface area contributed by atoms with E-state index in [1.165, 1.54) is 6.92 Å². The Bertz CT molecular complexity index is 208. The molecule has 62 valence electrons. The van der Waals surface area contributed by atoms with Crippen molar-refractivity contribution in [2.75, 3.05) is 13.1 Å². The number of carbonyl (C=O) groups excluding carboxylic acids is 2. The Kier molecular flexibility index (Phi) is 1.74. The van der Waals surface area contributed by atoms with E-state index in [0.29, 0.717) is 13.1 Å². The molecule has 0 aromatic heterocycles. The van der Waals surface area contributed by atoms with E-state index in [1.807, 2.05) is 13.8 Å². The zero-order chi connectivity index (χ0) is 8.65. The standard InChI is InChI=1S/C8H13NO2/c1-6(10)9-4-7(11)8(2,3)5-9/h4-5H2,1-3H3. The third-order valence-electron chi connectivity index (χ3n) is 2.12. The van der Waals surface area contributed by atoms with Crippen molar-refractivity contribution in [3.8, 4) is 0 Å². The Morgan fingerprint density at radius 2 is 2.09 bits per heavy atom. The lowest BCUT2D eigenvalue weighted by molar-refractivity contribution is -0.129. The van der Waals surface area contributed by atoms with Crippen LogP contribution in [0.3, 0.4) is 0 Å². The van der Waals surface area contributed by atoms with E-state index in [2.05, 4.69) is 0 Å². The summed E-state index contributed by atoms with van der Waals surface area (Å²) in [7, 11) is 0. The van der Waals surface area contributed by atoms with Gasteiger partial charge in [0.1, 0.15) is 0 Å². The van der Waals surface area contributed by atoms with Gasteiger partial charge < -0.3 is 4.90 Å². The number of amides is 1. The highest BCUT2D eigenvalue weighted by Gasteiger charge is 2.38. The van der Waals surface area contributed by atoms with Crippen molar-refractivity contribution in [2.24, 2.45) is 5.41 Å². The molecule has 0 spiro atoms. The Balaban J connectivity index is 2.72. The van der Waals surface area contributed by atoms with Crippen molar-refractivity contribution >= 4 is 11.7 Å². The molecule has 0 aromatic rings. The van der Waals surface area contributed by atoms with Crippen molar-refractivity contribution < 1.29 is 9.59 Å². The highest BCUT2D eigenvalue weighted by atomic mass is 16.2. The summed E-state index contributed by atoms with van der Waals surface area (Å²) in [5.74, 6) is 0.150. The predicted octanol–water partition coefficient (Wildman–Crippen LogP) is 0.444. The van der Waals surface area contributed by atoms with Crippen molar-refractivity contribution in [3.63, 3.8) is 0 Å². The summed E-state index contributed by atoms with van der Waals surface area (Å²) < 4.78 is 0. The number of likely N-dealkylation sites (tertiary alicyclic amines) is 1. The van der Waals surface area contributed by atoms with Crippen LogP contribution in [0.2, 0.25) is 0 Å². The number of Topliss-reactive ketones (excluding diaryl/α,β-unsaturated/α-hetero) is 1. The lowest BCUT2D eigenvalue weighted by atomic mass is 9.92. The van der Waals surface area contributed by atoms with Gasteiger partial charge in [0.25, 0.3) is 0 Å². The topological polar surface area (TPSA) is 37.4 Å². The van der Waals surface area contributed by atoms with Crippen LogP contribution in [0.5, 0.6) is 0 Å². The summed E-state index contributed by atoms with van der Waals surface area (Å²) in [5.41, 5.74) is -0.328. The van der Waals surface area contributed by atoms with Gasteiger partial charge in [-0.3, -0.25) is 9.59 Å². The number of rotatable bonds is 0. The molecule has 3 heteroatoms. The van der Waals surface area contributed by atoms with Crippen molar-refractivity contribution in [2.45, 2.75) is 20.8 Å². The molecule has 0 aliphatic carbocycles. The molecule has 11 heavy (non-hydrogen) atoms. The first kappa shape index (κ1) is 8.24. The first-order valence-electron chi connectivity index (χ1n) is 3.72. The van der Waals surface area contributed by atoms with Gasteiger partial charge in [-0.05, 0) is 0 Å². The van der Waals surface area contributed by atoms with Crippen LogP contribution in [-0.2, 0) is 9.59 Å². The van der Waals surface area contributed by atoms with E-state index in [0.717, 1.165) is 0 Å².